The molecule has 0 radical (unpaired) electrons. The summed E-state index contributed by atoms with van der Waals surface area (Å²) in [5.74, 6) is 0. The second-order valence-corrected chi connectivity index (χ2v) is 7.23. The van der Waals surface area contributed by atoms with Crippen LogP contribution in [0.3, 0.4) is 0 Å². The monoisotopic (exact) mass is 319 g/mol. The molecule has 20 heavy (non-hydrogen) atoms. The molecule has 112 valence electrons. The van der Waals surface area contributed by atoms with Crippen molar-refractivity contribution in [2.75, 3.05) is 18.5 Å². The first kappa shape index (κ1) is 16.7. The van der Waals surface area contributed by atoms with E-state index in [0.717, 1.165) is 12.1 Å². The van der Waals surface area contributed by atoms with Gasteiger partial charge in [0.2, 0.25) is 10.0 Å². The summed E-state index contributed by atoms with van der Waals surface area (Å²) >= 11 is 1.62. The van der Waals surface area contributed by atoms with Gasteiger partial charge in [0.1, 0.15) is 0 Å². The van der Waals surface area contributed by atoms with Crippen LogP contribution in [0.15, 0.2) is 23.1 Å². The molecule has 1 rings (SSSR count). The van der Waals surface area contributed by atoms with E-state index in [1.165, 1.54) is 6.07 Å². The molecule has 7 nitrogen and oxygen atoms in total. The van der Waals surface area contributed by atoms with Crippen LogP contribution in [0.1, 0.15) is 13.3 Å². The summed E-state index contributed by atoms with van der Waals surface area (Å²) < 4.78 is 26.5. The second-order valence-electron chi connectivity index (χ2n) is 4.22. The van der Waals surface area contributed by atoms with Gasteiger partial charge < -0.3 is 5.73 Å². The lowest BCUT2D eigenvalue weighted by Crippen LogP contribution is -2.27. The highest BCUT2D eigenvalue weighted by atomic mass is 32.2. The van der Waals surface area contributed by atoms with E-state index < -0.39 is 20.6 Å². The van der Waals surface area contributed by atoms with Crippen LogP contribution in [0.25, 0.3) is 0 Å². The minimum Gasteiger partial charge on any atom is -0.399 e. The van der Waals surface area contributed by atoms with Crippen molar-refractivity contribution in [1.82, 2.24) is 4.72 Å². The van der Waals surface area contributed by atoms with Crippen LogP contribution in [-0.4, -0.2) is 31.4 Å². The second kappa shape index (κ2) is 6.91. The van der Waals surface area contributed by atoms with Gasteiger partial charge in [-0.25, -0.2) is 13.1 Å². The maximum Gasteiger partial charge on any atom is 0.291 e. The molecular formula is C11H17N3O4S2. The van der Waals surface area contributed by atoms with Crippen LogP contribution in [-0.2, 0) is 10.0 Å². The Labute approximate surface area is 122 Å². The van der Waals surface area contributed by atoms with Gasteiger partial charge in [-0.05, 0) is 24.8 Å². The zero-order valence-corrected chi connectivity index (χ0v) is 12.8. The number of benzene rings is 1. The van der Waals surface area contributed by atoms with Crippen molar-refractivity contribution in [1.29, 1.82) is 0 Å². The fraction of sp³-hybridized carbons (Fsp3) is 0.455. The summed E-state index contributed by atoms with van der Waals surface area (Å²) in [4.78, 5) is 9.78. The number of nitrogen functional groups attached to an aromatic ring is 1. The molecule has 0 saturated heterocycles. The van der Waals surface area contributed by atoms with Crippen LogP contribution in [0.5, 0.6) is 0 Å². The van der Waals surface area contributed by atoms with Crippen molar-refractivity contribution in [3.63, 3.8) is 0 Å². The van der Waals surface area contributed by atoms with Crippen LogP contribution in [0, 0.1) is 10.1 Å². The third-order valence-electron chi connectivity index (χ3n) is 2.71. The van der Waals surface area contributed by atoms with Crippen LogP contribution < -0.4 is 10.5 Å². The molecule has 1 aromatic carbocycles. The molecule has 3 N–H and O–H groups in total. The lowest BCUT2D eigenvalue weighted by atomic mass is 10.3. The summed E-state index contributed by atoms with van der Waals surface area (Å²) in [5, 5.41) is 11.2. The summed E-state index contributed by atoms with van der Waals surface area (Å²) in [6, 6.07) is 3.51. The predicted molar refractivity (Wildman–Crippen MR) is 80.3 cm³/mol. The normalized spacial score (nSPS) is 13.1. The number of nitrogens with zero attached hydrogens (tertiary/aromatic N) is 1. The molecule has 1 unspecified atom stereocenters. The number of nitro benzene ring substituents is 1. The molecular weight excluding hydrogens is 302 g/mol. The van der Waals surface area contributed by atoms with Crippen molar-refractivity contribution in [2.24, 2.45) is 0 Å². The minimum atomic E-state index is -3.91. The van der Waals surface area contributed by atoms with Gasteiger partial charge in [-0.15, -0.1) is 0 Å². The Balaban J connectivity index is 2.95. The average Bonchev–Trinajstić information content (AvgIpc) is 2.37. The number of anilines is 1. The molecule has 0 aliphatic rings. The zero-order valence-electron chi connectivity index (χ0n) is 11.2. The van der Waals surface area contributed by atoms with Crippen LogP contribution in [0.4, 0.5) is 11.4 Å². The highest BCUT2D eigenvalue weighted by molar-refractivity contribution is 7.99. The zero-order chi connectivity index (χ0) is 15.3. The van der Waals surface area contributed by atoms with Gasteiger partial charge in [0.05, 0.1) is 4.92 Å². The molecule has 0 fully saturated rings. The lowest BCUT2D eigenvalue weighted by Gasteiger charge is -2.10. The summed E-state index contributed by atoms with van der Waals surface area (Å²) in [5.41, 5.74) is 5.07. The van der Waals surface area contributed by atoms with Crippen molar-refractivity contribution >= 4 is 33.2 Å². The highest BCUT2D eigenvalue weighted by Gasteiger charge is 2.25. The molecule has 1 atom stereocenters. The summed E-state index contributed by atoms with van der Waals surface area (Å²) in [7, 11) is -3.91. The maximum atomic E-state index is 12.1. The van der Waals surface area contributed by atoms with E-state index in [0.29, 0.717) is 11.7 Å². The van der Waals surface area contributed by atoms with Gasteiger partial charge in [0.15, 0.2) is 4.90 Å². The van der Waals surface area contributed by atoms with Crippen molar-refractivity contribution < 1.29 is 13.3 Å². The van der Waals surface area contributed by atoms with Crippen molar-refractivity contribution in [3.05, 3.63) is 28.3 Å². The van der Waals surface area contributed by atoms with E-state index in [1.807, 2.05) is 13.2 Å². The highest BCUT2D eigenvalue weighted by Crippen LogP contribution is 2.25. The summed E-state index contributed by atoms with van der Waals surface area (Å²) in [6.45, 7) is 2.20. The number of hydrogen-bond acceptors (Lipinski definition) is 6. The molecule has 0 saturated carbocycles. The molecule has 0 bridgehead atoms. The maximum absolute atomic E-state index is 12.1. The molecule has 0 heterocycles. The minimum absolute atomic E-state index is 0.145. The average molecular weight is 319 g/mol. The third kappa shape index (κ3) is 4.36. The van der Waals surface area contributed by atoms with E-state index in [-0.39, 0.29) is 17.1 Å². The number of nitrogens with two attached hydrogens (primary N) is 1. The predicted octanol–water partition coefficient (Wildman–Crippen LogP) is 1.60. The first-order chi connectivity index (χ1) is 9.27. The van der Waals surface area contributed by atoms with E-state index in [4.69, 9.17) is 5.73 Å². The fourth-order valence-corrected chi connectivity index (χ4v) is 3.05. The number of nitro groups is 1. The van der Waals surface area contributed by atoms with E-state index >= 15 is 0 Å². The third-order valence-corrected chi connectivity index (χ3v) is 5.26. The Morgan fingerprint density at radius 2 is 2.15 bits per heavy atom. The van der Waals surface area contributed by atoms with Crippen LogP contribution in [0.2, 0.25) is 0 Å². The van der Waals surface area contributed by atoms with Crippen molar-refractivity contribution in [2.45, 2.75) is 23.5 Å². The Morgan fingerprint density at radius 1 is 1.50 bits per heavy atom. The fourth-order valence-electron chi connectivity index (χ4n) is 1.50. The topological polar surface area (TPSA) is 115 Å². The Kier molecular flexibility index (Phi) is 5.78. The Hall–Kier alpha value is -1.32. The number of thioether (sulfide) groups is 1. The van der Waals surface area contributed by atoms with E-state index in [9.17, 15) is 18.5 Å². The first-order valence-corrected chi connectivity index (χ1v) is 8.61. The van der Waals surface area contributed by atoms with Gasteiger partial charge in [0, 0.05) is 23.5 Å². The SMILES string of the molecule is CSC(C)CCNS(=O)(=O)c1ccc(N)cc1[N+](=O)[O-]. The quantitative estimate of drug-likeness (QED) is 0.448. The molecule has 1 aromatic rings. The molecule has 0 aliphatic carbocycles. The van der Waals surface area contributed by atoms with Crippen LogP contribution >= 0.6 is 11.8 Å². The molecule has 0 aliphatic heterocycles. The molecule has 0 aromatic heterocycles. The number of rotatable bonds is 7. The standard InChI is InChI=1S/C11H17N3O4S2/c1-8(19-2)5-6-13-20(17,18)11-4-3-9(12)7-10(11)14(15)16/h3-4,7-8,13H,5-6,12H2,1-2H3. The first-order valence-electron chi connectivity index (χ1n) is 5.84. The van der Waals surface area contributed by atoms with Gasteiger partial charge >= 0.3 is 0 Å². The van der Waals surface area contributed by atoms with E-state index in [2.05, 4.69) is 4.72 Å². The van der Waals surface area contributed by atoms with Gasteiger partial charge in [-0.2, -0.15) is 11.8 Å². The van der Waals surface area contributed by atoms with Gasteiger partial charge in [0.25, 0.3) is 5.69 Å². The molecule has 0 amide bonds. The Morgan fingerprint density at radius 3 is 2.70 bits per heavy atom. The van der Waals surface area contributed by atoms with Gasteiger partial charge in [-0.1, -0.05) is 6.92 Å². The summed E-state index contributed by atoms with van der Waals surface area (Å²) in [6.07, 6.45) is 2.58. The molecule has 0 spiro atoms. The smallest absolute Gasteiger partial charge is 0.291 e. The van der Waals surface area contributed by atoms with Gasteiger partial charge in [-0.3, -0.25) is 10.1 Å². The molecule has 9 heteroatoms. The lowest BCUT2D eigenvalue weighted by molar-refractivity contribution is -0.387. The number of hydrogen-bond donors (Lipinski definition) is 2. The number of sulfonamides is 1. The largest absolute Gasteiger partial charge is 0.399 e. The van der Waals surface area contributed by atoms with E-state index in [1.54, 1.807) is 11.8 Å². The van der Waals surface area contributed by atoms with Crippen molar-refractivity contribution in [3.8, 4) is 0 Å². The number of nitrogens with one attached hydrogen (secondary N) is 1. The Bertz CT molecular complexity index is 589.